The summed E-state index contributed by atoms with van der Waals surface area (Å²) in [5.74, 6) is 0.752. The van der Waals surface area contributed by atoms with Crippen LogP contribution < -0.4 is 5.73 Å². The van der Waals surface area contributed by atoms with E-state index in [1.807, 2.05) is 19.4 Å². The molecule has 4 heteroatoms. The Labute approximate surface area is 91.1 Å². The van der Waals surface area contributed by atoms with Crippen molar-refractivity contribution in [1.29, 1.82) is 0 Å². The van der Waals surface area contributed by atoms with Crippen molar-refractivity contribution in [1.82, 2.24) is 14.5 Å². The standard InChI is InChI=1S/C11H20N4/c1-9(12)11-5-13-8-15(11)7-10-3-4-14(2)6-10/h5,8-10H,3-4,6-7,12H2,1-2H3/t9-,10?/m0/s1. The zero-order chi connectivity index (χ0) is 10.8. The normalized spacial score (nSPS) is 24.6. The van der Waals surface area contributed by atoms with E-state index in [1.54, 1.807) is 0 Å². The average Bonchev–Trinajstić information content (AvgIpc) is 2.75. The molecule has 0 aliphatic carbocycles. The summed E-state index contributed by atoms with van der Waals surface area (Å²) < 4.78 is 2.20. The van der Waals surface area contributed by atoms with Gasteiger partial charge in [-0.05, 0) is 32.9 Å². The molecule has 84 valence electrons. The van der Waals surface area contributed by atoms with Gasteiger partial charge in [0.25, 0.3) is 0 Å². The van der Waals surface area contributed by atoms with Crippen LogP contribution in [0.1, 0.15) is 25.1 Å². The number of rotatable bonds is 3. The first-order chi connectivity index (χ1) is 7.16. The highest BCUT2D eigenvalue weighted by Crippen LogP contribution is 2.18. The fraction of sp³-hybridized carbons (Fsp3) is 0.727. The van der Waals surface area contributed by atoms with Gasteiger partial charge in [0.1, 0.15) is 0 Å². The van der Waals surface area contributed by atoms with Gasteiger partial charge in [-0.2, -0.15) is 0 Å². The summed E-state index contributed by atoms with van der Waals surface area (Å²) in [6.45, 7) is 5.47. The van der Waals surface area contributed by atoms with Gasteiger partial charge in [-0.1, -0.05) is 0 Å². The summed E-state index contributed by atoms with van der Waals surface area (Å²) in [6.07, 6.45) is 5.06. The van der Waals surface area contributed by atoms with E-state index in [9.17, 15) is 0 Å². The highest BCUT2D eigenvalue weighted by Gasteiger charge is 2.20. The molecule has 0 saturated carbocycles. The molecule has 2 heterocycles. The number of nitrogens with zero attached hydrogens (tertiary/aromatic N) is 3. The van der Waals surface area contributed by atoms with Crippen molar-refractivity contribution < 1.29 is 0 Å². The van der Waals surface area contributed by atoms with E-state index in [1.165, 1.54) is 19.5 Å². The van der Waals surface area contributed by atoms with Crippen LogP contribution in [0.2, 0.25) is 0 Å². The number of likely N-dealkylation sites (tertiary alicyclic amines) is 1. The molecule has 0 spiro atoms. The van der Waals surface area contributed by atoms with E-state index in [2.05, 4.69) is 21.5 Å². The second-order valence-electron chi connectivity index (χ2n) is 4.68. The highest BCUT2D eigenvalue weighted by molar-refractivity contribution is 5.03. The zero-order valence-corrected chi connectivity index (χ0v) is 9.56. The minimum absolute atomic E-state index is 0.0756. The van der Waals surface area contributed by atoms with Crippen LogP contribution in [0.4, 0.5) is 0 Å². The molecule has 0 aromatic carbocycles. The lowest BCUT2D eigenvalue weighted by molar-refractivity contribution is 0.375. The molecule has 1 aromatic heterocycles. The Balaban J connectivity index is 2.01. The molecule has 1 saturated heterocycles. The van der Waals surface area contributed by atoms with E-state index in [-0.39, 0.29) is 6.04 Å². The van der Waals surface area contributed by atoms with Gasteiger partial charge in [0.2, 0.25) is 0 Å². The van der Waals surface area contributed by atoms with E-state index in [0.717, 1.165) is 18.2 Å². The Bertz CT molecular complexity index is 318. The minimum atomic E-state index is 0.0756. The molecular formula is C11H20N4. The summed E-state index contributed by atoms with van der Waals surface area (Å²) in [4.78, 5) is 6.56. The van der Waals surface area contributed by atoms with E-state index >= 15 is 0 Å². The van der Waals surface area contributed by atoms with Crippen molar-refractivity contribution in [3.8, 4) is 0 Å². The van der Waals surface area contributed by atoms with Gasteiger partial charge < -0.3 is 15.2 Å². The minimum Gasteiger partial charge on any atom is -0.333 e. The Kier molecular flexibility index (Phi) is 3.07. The van der Waals surface area contributed by atoms with Crippen molar-refractivity contribution in [2.24, 2.45) is 11.7 Å². The summed E-state index contributed by atoms with van der Waals surface area (Å²) in [7, 11) is 2.18. The number of imidazole rings is 1. The fourth-order valence-electron chi connectivity index (χ4n) is 2.32. The molecule has 1 aliphatic heterocycles. The van der Waals surface area contributed by atoms with Crippen LogP contribution in [0.25, 0.3) is 0 Å². The van der Waals surface area contributed by atoms with E-state index < -0.39 is 0 Å². The molecule has 1 aliphatic rings. The molecule has 2 rings (SSSR count). The van der Waals surface area contributed by atoms with Gasteiger partial charge in [0.05, 0.1) is 12.0 Å². The number of aromatic nitrogens is 2. The quantitative estimate of drug-likeness (QED) is 0.801. The number of hydrogen-bond donors (Lipinski definition) is 1. The Morgan fingerprint density at radius 1 is 1.67 bits per heavy atom. The van der Waals surface area contributed by atoms with Crippen LogP contribution in [0, 0.1) is 5.92 Å². The fourth-order valence-corrected chi connectivity index (χ4v) is 2.32. The summed E-state index contributed by atoms with van der Waals surface area (Å²) >= 11 is 0. The average molecular weight is 208 g/mol. The molecule has 15 heavy (non-hydrogen) atoms. The lowest BCUT2D eigenvalue weighted by Gasteiger charge is -2.15. The molecule has 2 N–H and O–H groups in total. The van der Waals surface area contributed by atoms with Crippen molar-refractivity contribution in [3.05, 3.63) is 18.2 Å². The van der Waals surface area contributed by atoms with Gasteiger partial charge in [0, 0.05) is 25.3 Å². The van der Waals surface area contributed by atoms with Crippen LogP contribution >= 0.6 is 0 Å². The van der Waals surface area contributed by atoms with E-state index in [4.69, 9.17) is 5.73 Å². The highest BCUT2D eigenvalue weighted by atomic mass is 15.1. The molecule has 4 nitrogen and oxygen atoms in total. The maximum absolute atomic E-state index is 5.89. The maximum Gasteiger partial charge on any atom is 0.0948 e. The van der Waals surface area contributed by atoms with Gasteiger partial charge in [-0.3, -0.25) is 0 Å². The second kappa shape index (κ2) is 4.33. The lowest BCUT2D eigenvalue weighted by Crippen LogP contribution is -2.19. The van der Waals surface area contributed by atoms with Crippen molar-refractivity contribution in [2.75, 3.05) is 20.1 Å². The zero-order valence-electron chi connectivity index (χ0n) is 9.56. The van der Waals surface area contributed by atoms with Crippen molar-refractivity contribution in [2.45, 2.75) is 25.9 Å². The summed E-state index contributed by atoms with van der Waals surface area (Å²) in [5.41, 5.74) is 7.03. The lowest BCUT2D eigenvalue weighted by atomic mass is 10.1. The van der Waals surface area contributed by atoms with Crippen LogP contribution in [0.3, 0.4) is 0 Å². The summed E-state index contributed by atoms with van der Waals surface area (Å²) in [5, 5.41) is 0. The first kappa shape index (κ1) is 10.6. The first-order valence-corrected chi connectivity index (χ1v) is 5.61. The molecule has 1 unspecified atom stereocenters. The van der Waals surface area contributed by atoms with Crippen molar-refractivity contribution in [3.63, 3.8) is 0 Å². The largest absolute Gasteiger partial charge is 0.333 e. The van der Waals surface area contributed by atoms with Gasteiger partial charge >= 0.3 is 0 Å². The Morgan fingerprint density at radius 3 is 3.07 bits per heavy atom. The number of hydrogen-bond acceptors (Lipinski definition) is 3. The Hall–Kier alpha value is -0.870. The molecular weight excluding hydrogens is 188 g/mol. The maximum atomic E-state index is 5.89. The monoisotopic (exact) mass is 208 g/mol. The smallest absolute Gasteiger partial charge is 0.0948 e. The van der Waals surface area contributed by atoms with Crippen LogP contribution in [-0.2, 0) is 6.54 Å². The molecule has 2 atom stereocenters. The van der Waals surface area contributed by atoms with Crippen molar-refractivity contribution >= 4 is 0 Å². The molecule has 1 aromatic rings. The third-order valence-electron chi connectivity index (χ3n) is 3.15. The second-order valence-corrected chi connectivity index (χ2v) is 4.68. The third kappa shape index (κ3) is 2.38. The summed E-state index contributed by atoms with van der Waals surface area (Å²) in [6, 6.07) is 0.0756. The van der Waals surface area contributed by atoms with Gasteiger partial charge in [0.15, 0.2) is 0 Å². The third-order valence-corrected chi connectivity index (χ3v) is 3.15. The SMILES string of the molecule is C[C@H](N)c1cncn1CC1CCN(C)C1. The van der Waals surface area contributed by atoms with Gasteiger partial charge in [-0.15, -0.1) is 0 Å². The predicted octanol–water partition coefficient (Wildman–Crippen LogP) is 0.855. The molecule has 0 bridgehead atoms. The van der Waals surface area contributed by atoms with Crippen LogP contribution in [0.15, 0.2) is 12.5 Å². The van der Waals surface area contributed by atoms with E-state index in [0.29, 0.717) is 0 Å². The molecule has 1 fully saturated rings. The predicted molar refractivity (Wildman–Crippen MR) is 60.4 cm³/mol. The first-order valence-electron chi connectivity index (χ1n) is 5.61. The molecule has 0 radical (unpaired) electrons. The van der Waals surface area contributed by atoms with Gasteiger partial charge in [-0.25, -0.2) is 4.98 Å². The van der Waals surface area contributed by atoms with Crippen LogP contribution in [-0.4, -0.2) is 34.6 Å². The Morgan fingerprint density at radius 2 is 2.47 bits per heavy atom. The number of nitrogens with two attached hydrogens (primary N) is 1. The molecule has 0 amide bonds. The topological polar surface area (TPSA) is 47.1 Å². The van der Waals surface area contributed by atoms with Crippen LogP contribution in [0.5, 0.6) is 0 Å².